The van der Waals surface area contributed by atoms with Gasteiger partial charge >= 0.3 is 0 Å². The van der Waals surface area contributed by atoms with Crippen LogP contribution in [0.5, 0.6) is 5.75 Å². The van der Waals surface area contributed by atoms with Crippen molar-refractivity contribution >= 4 is 17.3 Å². The summed E-state index contributed by atoms with van der Waals surface area (Å²) in [6, 6.07) is 7.88. The van der Waals surface area contributed by atoms with Crippen LogP contribution in [-0.2, 0) is 6.42 Å². The van der Waals surface area contributed by atoms with Gasteiger partial charge in [-0.2, -0.15) is 5.10 Å². The molecule has 106 valence electrons. The molecule has 1 heterocycles. The van der Waals surface area contributed by atoms with Gasteiger partial charge < -0.3 is 10.1 Å². The van der Waals surface area contributed by atoms with Gasteiger partial charge in [-0.05, 0) is 25.0 Å². The van der Waals surface area contributed by atoms with Crippen LogP contribution in [-0.4, -0.2) is 23.3 Å². The molecule has 0 fully saturated rings. The molecule has 5 nitrogen and oxygen atoms in total. The van der Waals surface area contributed by atoms with Gasteiger partial charge in [0, 0.05) is 6.54 Å². The third-order valence-corrected chi connectivity index (χ3v) is 3.15. The lowest BCUT2D eigenvalue weighted by atomic mass is 10.1. The van der Waals surface area contributed by atoms with Crippen LogP contribution in [0.4, 0.5) is 5.69 Å². The predicted octanol–water partition coefficient (Wildman–Crippen LogP) is 2.48. The minimum Gasteiger partial charge on any atom is -0.494 e. The van der Waals surface area contributed by atoms with Gasteiger partial charge in [0.1, 0.15) is 10.8 Å². The number of ether oxygens (including phenoxy) is 1. The molecule has 0 amide bonds. The van der Waals surface area contributed by atoms with Crippen molar-refractivity contribution in [1.82, 2.24) is 10.2 Å². The molecule has 0 radical (unpaired) electrons. The first-order valence-corrected chi connectivity index (χ1v) is 6.78. The van der Waals surface area contributed by atoms with Crippen LogP contribution >= 0.6 is 11.6 Å². The third kappa shape index (κ3) is 3.51. The summed E-state index contributed by atoms with van der Waals surface area (Å²) in [5.41, 5.74) is 1.24. The maximum absolute atomic E-state index is 11.3. The number of hydrogen-bond donors (Lipinski definition) is 2. The summed E-state index contributed by atoms with van der Waals surface area (Å²) in [6.07, 6.45) is 2.26. The summed E-state index contributed by atoms with van der Waals surface area (Å²) < 4.78 is 5.56. The van der Waals surface area contributed by atoms with Crippen LogP contribution in [0.15, 0.2) is 35.3 Å². The Morgan fingerprint density at radius 3 is 3.00 bits per heavy atom. The smallest absolute Gasteiger partial charge is 0.285 e. The highest BCUT2D eigenvalue weighted by molar-refractivity contribution is 6.32. The number of nitrogens with one attached hydrogen (secondary N) is 2. The molecular formula is C14H16ClN3O2. The quantitative estimate of drug-likeness (QED) is 0.858. The number of H-pyrrole nitrogens is 1. The van der Waals surface area contributed by atoms with Crippen molar-refractivity contribution < 1.29 is 4.74 Å². The van der Waals surface area contributed by atoms with Gasteiger partial charge in [-0.1, -0.05) is 29.8 Å². The average molecular weight is 294 g/mol. The van der Waals surface area contributed by atoms with E-state index in [0.717, 1.165) is 17.7 Å². The van der Waals surface area contributed by atoms with Gasteiger partial charge in [-0.3, -0.25) is 4.79 Å². The Kier molecular flexibility index (Phi) is 5.01. The second kappa shape index (κ2) is 6.96. The fourth-order valence-electron chi connectivity index (χ4n) is 1.85. The highest BCUT2D eigenvalue weighted by Crippen LogP contribution is 2.19. The Bertz CT molecular complexity index is 628. The third-order valence-electron chi connectivity index (χ3n) is 2.78. The second-order valence-electron chi connectivity index (χ2n) is 4.14. The van der Waals surface area contributed by atoms with E-state index in [2.05, 4.69) is 15.5 Å². The van der Waals surface area contributed by atoms with Gasteiger partial charge in [-0.15, -0.1) is 0 Å². The van der Waals surface area contributed by atoms with Crippen LogP contribution in [0.3, 0.4) is 0 Å². The van der Waals surface area contributed by atoms with Crippen LogP contribution in [0.1, 0.15) is 12.5 Å². The largest absolute Gasteiger partial charge is 0.494 e. The minimum absolute atomic E-state index is 0.123. The lowest BCUT2D eigenvalue weighted by molar-refractivity contribution is 0.336. The molecule has 0 saturated heterocycles. The molecular weight excluding hydrogens is 278 g/mol. The maximum Gasteiger partial charge on any atom is 0.285 e. The monoisotopic (exact) mass is 293 g/mol. The van der Waals surface area contributed by atoms with E-state index in [0.29, 0.717) is 18.8 Å². The van der Waals surface area contributed by atoms with Gasteiger partial charge in [0.25, 0.3) is 5.56 Å². The molecule has 0 unspecified atom stereocenters. The lowest BCUT2D eigenvalue weighted by Gasteiger charge is -2.11. The molecule has 0 aliphatic rings. The van der Waals surface area contributed by atoms with E-state index in [1.54, 1.807) is 0 Å². The molecule has 0 spiro atoms. The molecule has 2 aromatic rings. The Morgan fingerprint density at radius 2 is 2.20 bits per heavy atom. The summed E-state index contributed by atoms with van der Waals surface area (Å²) in [7, 11) is 0. The number of nitrogens with zero attached hydrogens (tertiary/aromatic N) is 1. The van der Waals surface area contributed by atoms with Crippen LogP contribution < -0.4 is 15.6 Å². The van der Waals surface area contributed by atoms with Gasteiger partial charge in [0.05, 0.1) is 18.5 Å². The zero-order valence-electron chi connectivity index (χ0n) is 11.1. The lowest BCUT2D eigenvalue weighted by Crippen LogP contribution is -2.13. The SMILES string of the molecule is CCOc1ccccc1CCNc1cn[nH]c(=O)c1Cl. The van der Waals surface area contributed by atoms with E-state index in [-0.39, 0.29) is 5.02 Å². The Balaban J connectivity index is 1.99. The Labute approximate surface area is 121 Å². The summed E-state index contributed by atoms with van der Waals surface area (Å²) >= 11 is 5.89. The number of hydrogen-bond acceptors (Lipinski definition) is 4. The molecule has 0 aliphatic heterocycles. The standard InChI is InChI=1S/C14H16ClN3O2/c1-2-20-12-6-4-3-5-10(12)7-8-16-11-9-17-18-14(19)13(11)15/h3-6,9H,2,7-8H2,1H3,(H2,16,18,19). The highest BCUT2D eigenvalue weighted by atomic mass is 35.5. The van der Waals surface area contributed by atoms with Gasteiger partial charge in [-0.25, -0.2) is 5.10 Å². The number of rotatable bonds is 6. The van der Waals surface area contributed by atoms with Crippen molar-refractivity contribution in [2.75, 3.05) is 18.5 Å². The summed E-state index contributed by atoms with van der Waals surface area (Å²) in [6.45, 7) is 3.22. The Morgan fingerprint density at radius 1 is 1.40 bits per heavy atom. The van der Waals surface area contributed by atoms with E-state index in [1.807, 2.05) is 31.2 Å². The van der Waals surface area contributed by atoms with E-state index in [9.17, 15) is 4.79 Å². The van der Waals surface area contributed by atoms with Crippen molar-refractivity contribution in [3.63, 3.8) is 0 Å². The van der Waals surface area contributed by atoms with E-state index >= 15 is 0 Å². The molecule has 1 aromatic heterocycles. The van der Waals surface area contributed by atoms with Crippen LogP contribution in [0, 0.1) is 0 Å². The van der Waals surface area contributed by atoms with Crippen molar-refractivity contribution in [3.8, 4) is 5.75 Å². The molecule has 2 N–H and O–H groups in total. The predicted molar refractivity (Wildman–Crippen MR) is 79.7 cm³/mol. The van der Waals surface area contributed by atoms with Crippen molar-refractivity contribution in [2.24, 2.45) is 0 Å². The fraction of sp³-hybridized carbons (Fsp3) is 0.286. The van der Waals surface area contributed by atoms with Crippen LogP contribution in [0.25, 0.3) is 0 Å². The van der Waals surface area contributed by atoms with Crippen molar-refractivity contribution in [2.45, 2.75) is 13.3 Å². The van der Waals surface area contributed by atoms with E-state index in [4.69, 9.17) is 16.3 Å². The first kappa shape index (κ1) is 14.4. The summed E-state index contributed by atoms with van der Waals surface area (Å²) in [4.78, 5) is 11.3. The maximum atomic E-state index is 11.3. The molecule has 0 bridgehead atoms. The molecule has 20 heavy (non-hydrogen) atoms. The molecule has 0 atom stereocenters. The second-order valence-corrected chi connectivity index (χ2v) is 4.52. The first-order valence-electron chi connectivity index (χ1n) is 6.40. The van der Waals surface area contributed by atoms with Gasteiger partial charge in [0.15, 0.2) is 0 Å². The molecule has 2 rings (SSSR count). The number of aromatic amines is 1. The summed E-state index contributed by atoms with van der Waals surface area (Å²) in [5.74, 6) is 0.881. The molecule has 0 saturated carbocycles. The number of benzene rings is 1. The number of anilines is 1. The topological polar surface area (TPSA) is 67.0 Å². The van der Waals surface area contributed by atoms with Crippen LogP contribution in [0.2, 0.25) is 5.02 Å². The van der Waals surface area contributed by atoms with Gasteiger partial charge in [0.2, 0.25) is 0 Å². The number of halogens is 1. The highest BCUT2D eigenvalue weighted by Gasteiger charge is 2.05. The van der Waals surface area contributed by atoms with Crippen molar-refractivity contribution in [3.05, 3.63) is 51.4 Å². The number of para-hydroxylation sites is 1. The molecule has 6 heteroatoms. The van der Waals surface area contributed by atoms with E-state index in [1.165, 1.54) is 6.20 Å². The zero-order chi connectivity index (χ0) is 14.4. The molecule has 1 aromatic carbocycles. The van der Waals surface area contributed by atoms with E-state index < -0.39 is 5.56 Å². The van der Waals surface area contributed by atoms with Crippen molar-refractivity contribution in [1.29, 1.82) is 0 Å². The Hall–Kier alpha value is -2.01. The average Bonchev–Trinajstić information content (AvgIpc) is 2.45. The number of aromatic nitrogens is 2. The zero-order valence-corrected chi connectivity index (χ0v) is 11.9. The minimum atomic E-state index is -0.397. The normalized spacial score (nSPS) is 10.3. The first-order chi connectivity index (χ1) is 9.72. The fourth-order valence-corrected chi connectivity index (χ4v) is 2.00. The molecule has 0 aliphatic carbocycles. The summed E-state index contributed by atoms with van der Waals surface area (Å²) in [5, 5.41) is 9.21.